The number of ketones is 1. The van der Waals surface area contributed by atoms with Crippen molar-refractivity contribution in [2.45, 2.75) is 12.1 Å². The van der Waals surface area contributed by atoms with Gasteiger partial charge in [0, 0.05) is 17.1 Å². The van der Waals surface area contributed by atoms with Gasteiger partial charge in [-0.1, -0.05) is 60.7 Å². The molecule has 2 saturated heterocycles. The average Bonchev–Trinajstić information content (AvgIpc) is 3.65. The summed E-state index contributed by atoms with van der Waals surface area (Å²) < 4.78 is 10.9. The van der Waals surface area contributed by atoms with E-state index in [0.29, 0.717) is 22.7 Å². The third-order valence-corrected chi connectivity index (χ3v) is 8.39. The summed E-state index contributed by atoms with van der Waals surface area (Å²) in [5.74, 6) is -1.31. The number of carbonyl (C=O) groups is 3. The number of imide groups is 1. The summed E-state index contributed by atoms with van der Waals surface area (Å²) in [4.78, 5) is 46.0. The Morgan fingerprint density at radius 2 is 1.56 bits per heavy atom. The Balaban J connectivity index is 1.29. The van der Waals surface area contributed by atoms with E-state index in [1.54, 1.807) is 24.3 Å². The maximum Gasteiger partial charge on any atom is 0.240 e. The molecule has 0 bridgehead atoms. The number of benzene rings is 4. The molecule has 4 aromatic carbocycles. The maximum atomic E-state index is 14.3. The van der Waals surface area contributed by atoms with E-state index in [0.717, 1.165) is 21.9 Å². The number of fused-ring (bicyclic) bond motifs is 7. The van der Waals surface area contributed by atoms with E-state index >= 15 is 0 Å². The Hall–Kier alpha value is -4.91. The van der Waals surface area contributed by atoms with Crippen LogP contribution in [0.1, 0.15) is 27.5 Å². The van der Waals surface area contributed by atoms with Gasteiger partial charge in [0.05, 0.1) is 23.6 Å². The fraction of sp³-hybridized carbons (Fsp3) is 0.156. The number of rotatable bonds is 3. The molecule has 4 aliphatic rings. The number of hydrogen-bond donors (Lipinski definition) is 0. The minimum absolute atomic E-state index is 0.0990. The monoisotopic (exact) mass is 514 g/mol. The van der Waals surface area contributed by atoms with Crippen LogP contribution in [0, 0.1) is 11.8 Å². The lowest BCUT2D eigenvalue weighted by molar-refractivity contribution is -0.123. The van der Waals surface area contributed by atoms with Gasteiger partial charge >= 0.3 is 0 Å². The average molecular weight is 515 g/mol. The number of nitrogens with zero attached hydrogens (tertiary/aromatic N) is 2. The lowest BCUT2D eigenvalue weighted by atomic mass is 9.83. The standard InChI is InChI=1S/C32H22N2O5/c35-30(20-12-13-24-25(16-20)39-17-38-24)29-27-26(28-22-10-4-2-7-19(22)14-15-33(28)29)31(36)34(32(27)37)23-11-5-8-18-6-1-3-9-21(18)23/h1-16,26-29H,17H2/t26-,27+,28+,29-/m0/s1. The Labute approximate surface area is 223 Å². The topological polar surface area (TPSA) is 76.1 Å². The summed E-state index contributed by atoms with van der Waals surface area (Å²) in [6.45, 7) is 0.0990. The van der Waals surface area contributed by atoms with Gasteiger partial charge in [0.2, 0.25) is 18.6 Å². The summed E-state index contributed by atoms with van der Waals surface area (Å²) in [6, 6.07) is 25.0. The highest BCUT2D eigenvalue weighted by Gasteiger charge is 2.64. The summed E-state index contributed by atoms with van der Waals surface area (Å²) in [6.07, 6.45) is 3.81. The molecule has 4 aliphatic heterocycles. The van der Waals surface area contributed by atoms with E-state index in [1.165, 1.54) is 4.90 Å². The number of hydrogen-bond acceptors (Lipinski definition) is 6. The van der Waals surface area contributed by atoms with E-state index in [-0.39, 0.29) is 24.4 Å². The second kappa shape index (κ2) is 8.04. The number of Topliss-reactive ketones (excluding diaryl/α,β-unsaturated/α-hetero) is 1. The minimum Gasteiger partial charge on any atom is -0.454 e. The van der Waals surface area contributed by atoms with Crippen molar-refractivity contribution in [1.82, 2.24) is 4.90 Å². The fourth-order valence-corrected chi connectivity index (χ4v) is 6.72. The van der Waals surface area contributed by atoms with Gasteiger partial charge in [-0.2, -0.15) is 0 Å². The van der Waals surface area contributed by atoms with Gasteiger partial charge in [-0.3, -0.25) is 14.4 Å². The molecule has 0 aromatic heterocycles. The van der Waals surface area contributed by atoms with Crippen molar-refractivity contribution < 1.29 is 23.9 Å². The van der Waals surface area contributed by atoms with E-state index in [4.69, 9.17) is 9.47 Å². The van der Waals surface area contributed by atoms with Crippen molar-refractivity contribution in [1.29, 1.82) is 0 Å². The Kier molecular flexibility index (Phi) is 4.56. The van der Waals surface area contributed by atoms with Gasteiger partial charge in [-0.05, 0) is 46.9 Å². The number of anilines is 1. The van der Waals surface area contributed by atoms with Crippen LogP contribution in [0.15, 0.2) is 91.1 Å². The van der Waals surface area contributed by atoms with Crippen molar-refractivity contribution in [3.63, 3.8) is 0 Å². The molecule has 2 fully saturated rings. The van der Waals surface area contributed by atoms with Crippen LogP contribution in [-0.2, 0) is 9.59 Å². The van der Waals surface area contributed by atoms with Gasteiger partial charge in [0.25, 0.3) is 0 Å². The van der Waals surface area contributed by atoms with Crippen molar-refractivity contribution in [3.8, 4) is 11.5 Å². The normalized spacial score (nSPS) is 24.2. The molecule has 2 amide bonds. The van der Waals surface area contributed by atoms with Crippen LogP contribution in [0.3, 0.4) is 0 Å². The molecule has 4 aromatic rings. The number of amides is 2. The zero-order valence-corrected chi connectivity index (χ0v) is 20.7. The highest BCUT2D eigenvalue weighted by atomic mass is 16.7. The summed E-state index contributed by atoms with van der Waals surface area (Å²) in [5.41, 5.74) is 2.90. The molecule has 0 unspecified atom stereocenters. The molecule has 190 valence electrons. The van der Waals surface area contributed by atoms with Crippen molar-refractivity contribution in [2.24, 2.45) is 11.8 Å². The van der Waals surface area contributed by atoms with Crippen LogP contribution >= 0.6 is 0 Å². The summed E-state index contributed by atoms with van der Waals surface area (Å²) >= 11 is 0. The Bertz CT molecular complexity index is 1760. The molecule has 39 heavy (non-hydrogen) atoms. The third kappa shape index (κ3) is 3.01. The predicted octanol–water partition coefficient (Wildman–Crippen LogP) is 4.97. The second-order valence-electron chi connectivity index (χ2n) is 10.3. The molecule has 0 saturated carbocycles. The molecule has 0 aliphatic carbocycles. The maximum absolute atomic E-state index is 14.3. The molecule has 8 rings (SSSR count). The van der Waals surface area contributed by atoms with E-state index < -0.39 is 23.9 Å². The first-order chi connectivity index (χ1) is 19.1. The number of ether oxygens (including phenoxy) is 2. The van der Waals surface area contributed by atoms with Crippen LogP contribution in [0.2, 0.25) is 0 Å². The molecule has 7 nitrogen and oxygen atoms in total. The zero-order chi connectivity index (χ0) is 26.2. The molecule has 0 radical (unpaired) electrons. The van der Waals surface area contributed by atoms with Gasteiger partial charge < -0.3 is 14.4 Å². The van der Waals surface area contributed by atoms with Crippen molar-refractivity contribution in [2.75, 3.05) is 11.7 Å². The molecule has 4 atom stereocenters. The first-order valence-electron chi connectivity index (χ1n) is 13.0. The predicted molar refractivity (Wildman–Crippen MR) is 144 cm³/mol. The van der Waals surface area contributed by atoms with Crippen LogP contribution in [0.5, 0.6) is 11.5 Å². The Morgan fingerprint density at radius 1 is 0.795 bits per heavy atom. The molecular weight excluding hydrogens is 492 g/mol. The molecule has 4 heterocycles. The van der Waals surface area contributed by atoms with Crippen LogP contribution in [-0.4, -0.2) is 35.3 Å². The smallest absolute Gasteiger partial charge is 0.240 e. The van der Waals surface area contributed by atoms with Gasteiger partial charge in [0.1, 0.15) is 6.04 Å². The van der Waals surface area contributed by atoms with Gasteiger partial charge in [-0.25, -0.2) is 4.90 Å². The van der Waals surface area contributed by atoms with Crippen LogP contribution in [0.4, 0.5) is 5.69 Å². The van der Waals surface area contributed by atoms with Crippen LogP contribution < -0.4 is 14.4 Å². The highest BCUT2D eigenvalue weighted by Crippen LogP contribution is 2.54. The third-order valence-electron chi connectivity index (χ3n) is 8.39. The van der Waals surface area contributed by atoms with Crippen molar-refractivity contribution >= 4 is 40.1 Å². The molecule has 0 N–H and O–H groups in total. The van der Waals surface area contributed by atoms with Gasteiger partial charge in [-0.15, -0.1) is 0 Å². The van der Waals surface area contributed by atoms with Crippen molar-refractivity contribution in [3.05, 3.63) is 108 Å². The molecule has 0 spiro atoms. The summed E-state index contributed by atoms with van der Waals surface area (Å²) in [7, 11) is 0. The molecule has 7 heteroatoms. The largest absolute Gasteiger partial charge is 0.454 e. The zero-order valence-electron chi connectivity index (χ0n) is 20.7. The van der Waals surface area contributed by atoms with Crippen LogP contribution in [0.25, 0.3) is 16.8 Å². The SMILES string of the molecule is O=C(c1ccc2c(c1)OCO2)[C@@H]1[C@@H]2C(=O)N(c3cccc4ccccc34)C(=O)[C@@H]2[C@H]2c3ccccc3C=CN12. The first-order valence-corrected chi connectivity index (χ1v) is 13.0. The van der Waals surface area contributed by atoms with Gasteiger partial charge in [0.15, 0.2) is 17.3 Å². The van der Waals surface area contributed by atoms with E-state index in [9.17, 15) is 14.4 Å². The fourth-order valence-electron chi connectivity index (χ4n) is 6.72. The quantitative estimate of drug-likeness (QED) is 0.284. The number of carbonyl (C=O) groups excluding carboxylic acids is 3. The lowest BCUT2D eigenvalue weighted by Gasteiger charge is -2.35. The van der Waals surface area contributed by atoms with E-state index in [1.807, 2.05) is 77.8 Å². The second-order valence-corrected chi connectivity index (χ2v) is 10.3. The lowest BCUT2D eigenvalue weighted by Crippen LogP contribution is -2.44. The highest BCUT2D eigenvalue weighted by molar-refractivity contribution is 6.27. The van der Waals surface area contributed by atoms with E-state index in [2.05, 4.69) is 0 Å². The molecular formula is C32H22N2O5. The first kappa shape index (κ1) is 22.1. The minimum atomic E-state index is -0.846. The Morgan fingerprint density at radius 3 is 2.49 bits per heavy atom. The summed E-state index contributed by atoms with van der Waals surface area (Å²) in [5, 5.41) is 1.76.